The molecule has 6 nitrogen and oxygen atoms in total. The van der Waals surface area contributed by atoms with Crippen LogP contribution < -0.4 is 10.6 Å². The van der Waals surface area contributed by atoms with Gasteiger partial charge in [0.2, 0.25) is 0 Å². The van der Waals surface area contributed by atoms with E-state index < -0.39 is 0 Å². The molecule has 28 heavy (non-hydrogen) atoms. The first-order valence-electron chi connectivity index (χ1n) is 10.8. The molecule has 1 aromatic rings. The van der Waals surface area contributed by atoms with E-state index in [0.717, 1.165) is 32.1 Å². The van der Waals surface area contributed by atoms with Crippen molar-refractivity contribution in [3.63, 3.8) is 0 Å². The molecule has 1 aromatic carbocycles. The zero-order valence-corrected chi connectivity index (χ0v) is 17.4. The lowest BCUT2D eigenvalue weighted by Gasteiger charge is -2.47. The van der Waals surface area contributed by atoms with Crippen molar-refractivity contribution in [2.24, 2.45) is 10.9 Å². The van der Waals surface area contributed by atoms with Crippen LogP contribution in [0.4, 0.5) is 0 Å². The molecular formula is C22H35N5O. The van der Waals surface area contributed by atoms with Crippen molar-refractivity contribution in [2.45, 2.75) is 31.9 Å². The van der Waals surface area contributed by atoms with Gasteiger partial charge in [-0.15, -0.1) is 0 Å². The van der Waals surface area contributed by atoms with Crippen LogP contribution in [0, 0.1) is 12.8 Å². The fourth-order valence-electron chi connectivity index (χ4n) is 4.76. The van der Waals surface area contributed by atoms with Crippen molar-refractivity contribution in [3.05, 3.63) is 35.4 Å². The first-order valence-corrected chi connectivity index (χ1v) is 10.8. The number of nitrogens with one attached hydrogen (secondary N) is 2. The second-order valence-electron chi connectivity index (χ2n) is 8.43. The molecule has 0 spiro atoms. The third kappa shape index (κ3) is 4.67. The molecule has 6 heteroatoms. The number of aryl methyl sites for hydroxylation is 1. The van der Waals surface area contributed by atoms with Crippen LogP contribution >= 0.6 is 0 Å². The van der Waals surface area contributed by atoms with Gasteiger partial charge in [-0.1, -0.05) is 29.8 Å². The lowest BCUT2D eigenvalue weighted by atomic mass is 9.89. The normalized spacial score (nSPS) is 32.9. The van der Waals surface area contributed by atoms with E-state index in [-0.39, 0.29) is 6.10 Å². The molecule has 4 aliphatic heterocycles. The fraction of sp³-hybridized carbons (Fsp3) is 0.682. The average molecular weight is 386 g/mol. The number of hydrogen-bond donors (Lipinski definition) is 2. The number of aliphatic imine (C=N–C) groups is 1. The summed E-state index contributed by atoms with van der Waals surface area (Å²) in [7, 11) is 1.86. The number of piperazine rings is 3. The Morgan fingerprint density at radius 2 is 1.86 bits per heavy atom. The van der Waals surface area contributed by atoms with E-state index in [1.54, 1.807) is 0 Å². The Morgan fingerprint density at radius 1 is 1.11 bits per heavy atom. The summed E-state index contributed by atoms with van der Waals surface area (Å²) in [6.45, 7) is 10.9. The van der Waals surface area contributed by atoms with Gasteiger partial charge >= 0.3 is 0 Å². The smallest absolute Gasteiger partial charge is 0.191 e. The van der Waals surface area contributed by atoms with Gasteiger partial charge in [-0.2, -0.15) is 0 Å². The van der Waals surface area contributed by atoms with Gasteiger partial charge in [0.15, 0.2) is 5.96 Å². The molecule has 154 valence electrons. The first-order chi connectivity index (χ1) is 13.7. The molecule has 0 amide bonds. The lowest BCUT2D eigenvalue weighted by molar-refractivity contribution is -0.0265. The highest BCUT2D eigenvalue weighted by Crippen LogP contribution is 2.33. The minimum absolute atomic E-state index is 0.174. The maximum absolute atomic E-state index is 6.16. The van der Waals surface area contributed by atoms with Crippen molar-refractivity contribution < 1.29 is 4.74 Å². The maximum atomic E-state index is 6.16. The molecule has 4 aliphatic rings. The number of rotatable bonds is 5. The Bertz CT molecular complexity index is 653. The number of guanidine groups is 1. The number of fused-ring (bicyclic) bond motifs is 3. The topological polar surface area (TPSA) is 52.1 Å². The number of ether oxygens (including phenoxy) is 1. The van der Waals surface area contributed by atoms with E-state index in [0.29, 0.717) is 12.0 Å². The zero-order chi connectivity index (χ0) is 19.3. The van der Waals surface area contributed by atoms with Crippen LogP contribution in [-0.2, 0) is 4.74 Å². The van der Waals surface area contributed by atoms with E-state index in [9.17, 15) is 0 Å². The molecule has 4 heterocycles. The van der Waals surface area contributed by atoms with Gasteiger partial charge in [0.1, 0.15) is 0 Å². The Morgan fingerprint density at radius 3 is 2.54 bits per heavy atom. The van der Waals surface area contributed by atoms with Crippen LogP contribution in [0.2, 0.25) is 0 Å². The summed E-state index contributed by atoms with van der Waals surface area (Å²) in [5.41, 5.74) is 2.59. The SMILES string of the molecule is CN=C(NCC1CCCOC1c1ccc(C)cc1)NCC1CN2CCN1CC2. The van der Waals surface area contributed by atoms with E-state index in [1.807, 2.05) is 7.05 Å². The Hall–Kier alpha value is -1.63. The van der Waals surface area contributed by atoms with Crippen LogP contribution in [0.5, 0.6) is 0 Å². The molecule has 0 radical (unpaired) electrons. The van der Waals surface area contributed by atoms with E-state index in [4.69, 9.17) is 4.74 Å². The van der Waals surface area contributed by atoms with Gasteiger partial charge in [-0.25, -0.2) is 0 Å². The summed E-state index contributed by atoms with van der Waals surface area (Å²) in [4.78, 5) is 9.64. The minimum Gasteiger partial charge on any atom is -0.373 e. The summed E-state index contributed by atoms with van der Waals surface area (Å²) in [6.07, 6.45) is 2.49. The minimum atomic E-state index is 0.174. The predicted molar refractivity (Wildman–Crippen MR) is 114 cm³/mol. The van der Waals surface area contributed by atoms with Gasteiger partial charge < -0.3 is 15.4 Å². The second-order valence-corrected chi connectivity index (χ2v) is 8.43. The average Bonchev–Trinajstić information content (AvgIpc) is 2.76. The van der Waals surface area contributed by atoms with Crippen LogP contribution in [-0.4, -0.2) is 81.3 Å². The van der Waals surface area contributed by atoms with Gasteiger partial charge in [0.25, 0.3) is 0 Å². The molecule has 2 bridgehead atoms. The number of benzene rings is 1. The van der Waals surface area contributed by atoms with Crippen LogP contribution in [0.15, 0.2) is 29.3 Å². The number of hydrogen-bond acceptors (Lipinski definition) is 4. The predicted octanol–water partition coefficient (Wildman–Crippen LogP) is 1.63. The molecule has 0 aliphatic carbocycles. The first kappa shape index (κ1) is 19.7. The van der Waals surface area contributed by atoms with Crippen molar-refractivity contribution in [1.29, 1.82) is 0 Å². The largest absolute Gasteiger partial charge is 0.373 e. The lowest BCUT2D eigenvalue weighted by Crippen LogP contribution is -2.63. The molecule has 4 saturated heterocycles. The summed E-state index contributed by atoms with van der Waals surface area (Å²) < 4.78 is 6.16. The van der Waals surface area contributed by atoms with Gasteiger partial charge in [-0.3, -0.25) is 14.8 Å². The summed E-state index contributed by atoms with van der Waals surface area (Å²) >= 11 is 0. The molecule has 2 N–H and O–H groups in total. The summed E-state index contributed by atoms with van der Waals surface area (Å²) in [5.74, 6) is 1.38. The number of nitrogens with zero attached hydrogens (tertiary/aromatic N) is 3. The Balaban J connectivity index is 1.29. The second kappa shape index (κ2) is 9.25. The third-order valence-corrected chi connectivity index (χ3v) is 6.50. The maximum Gasteiger partial charge on any atom is 0.191 e. The van der Waals surface area contributed by atoms with Gasteiger partial charge in [-0.05, 0) is 25.3 Å². The highest BCUT2D eigenvalue weighted by atomic mass is 16.5. The fourth-order valence-corrected chi connectivity index (χ4v) is 4.76. The summed E-state index contributed by atoms with van der Waals surface area (Å²) in [5, 5.41) is 7.12. The third-order valence-electron chi connectivity index (χ3n) is 6.50. The quantitative estimate of drug-likeness (QED) is 0.596. The van der Waals surface area contributed by atoms with Gasteiger partial charge in [0.05, 0.1) is 6.10 Å². The van der Waals surface area contributed by atoms with E-state index in [2.05, 4.69) is 56.6 Å². The van der Waals surface area contributed by atoms with Crippen molar-refractivity contribution in [2.75, 3.05) is 59.5 Å². The Kier molecular flexibility index (Phi) is 6.50. The Labute approximate surface area is 169 Å². The summed E-state index contributed by atoms with van der Waals surface area (Å²) in [6, 6.07) is 9.39. The molecule has 4 fully saturated rings. The molecule has 3 atom stereocenters. The highest BCUT2D eigenvalue weighted by molar-refractivity contribution is 5.79. The zero-order valence-electron chi connectivity index (χ0n) is 17.4. The van der Waals surface area contributed by atoms with Crippen LogP contribution in [0.25, 0.3) is 0 Å². The van der Waals surface area contributed by atoms with E-state index in [1.165, 1.54) is 50.3 Å². The molecule has 5 rings (SSSR count). The van der Waals surface area contributed by atoms with Crippen molar-refractivity contribution in [1.82, 2.24) is 20.4 Å². The molecular weight excluding hydrogens is 350 g/mol. The standard InChI is InChI=1S/C22H35N5O/c1-17-5-7-18(8-6-17)21-19(4-3-13-28-21)14-24-22(23-2)25-15-20-16-26-9-11-27(20)12-10-26/h5-8,19-21H,3-4,9-16H2,1-2H3,(H2,23,24,25). The van der Waals surface area contributed by atoms with Crippen LogP contribution in [0.1, 0.15) is 30.1 Å². The van der Waals surface area contributed by atoms with Crippen molar-refractivity contribution in [3.8, 4) is 0 Å². The molecule has 0 aromatic heterocycles. The monoisotopic (exact) mass is 385 g/mol. The molecule has 0 saturated carbocycles. The molecule has 3 unspecified atom stereocenters. The van der Waals surface area contributed by atoms with Gasteiger partial charge in [0, 0.05) is 71.4 Å². The van der Waals surface area contributed by atoms with Crippen LogP contribution in [0.3, 0.4) is 0 Å². The van der Waals surface area contributed by atoms with Crippen molar-refractivity contribution >= 4 is 5.96 Å². The highest BCUT2D eigenvalue weighted by Gasteiger charge is 2.32. The van der Waals surface area contributed by atoms with E-state index >= 15 is 0 Å².